The number of aromatic nitrogens is 1. The van der Waals surface area contributed by atoms with E-state index in [1.54, 1.807) is 18.4 Å². The third kappa shape index (κ3) is 6.76. The summed E-state index contributed by atoms with van der Waals surface area (Å²) in [5, 5.41) is 7.45. The SMILES string of the molecule is CN=C(NCCCS(=O)(=O)Cc1ccccc1)NCc1sc(C)nc1C. The molecule has 2 rings (SSSR count). The number of aryl methyl sites for hydroxylation is 2. The van der Waals surface area contributed by atoms with Gasteiger partial charge in [0.2, 0.25) is 0 Å². The highest BCUT2D eigenvalue weighted by Gasteiger charge is 2.12. The summed E-state index contributed by atoms with van der Waals surface area (Å²) in [5.41, 5.74) is 1.86. The molecule has 0 spiro atoms. The Labute approximate surface area is 159 Å². The zero-order valence-corrected chi connectivity index (χ0v) is 17.1. The summed E-state index contributed by atoms with van der Waals surface area (Å²) in [5.74, 6) is 0.903. The van der Waals surface area contributed by atoms with E-state index in [2.05, 4.69) is 20.6 Å². The molecule has 0 aliphatic heterocycles. The number of guanidine groups is 1. The average molecular weight is 395 g/mol. The molecule has 1 aromatic heterocycles. The van der Waals surface area contributed by atoms with Gasteiger partial charge in [0.15, 0.2) is 15.8 Å². The van der Waals surface area contributed by atoms with Crippen LogP contribution in [-0.4, -0.2) is 38.7 Å². The minimum absolute atomic E-state index is 0.0881. The lowest BCUT2D eigenvalue weighted by Crippen LogP contribution is -2.37. The standard InChI is InChI=1S/C18H26N4O2S2/c1-14-17(25-15(2)22-14)12-21-18(19-3)20-10-7-11-26(23,24)13-16-8-5-4-6-9-16/h4-6,8-9H,7,10-13H2,1-3H3,(H2,19,20,21). The molecule has 0 unspecified atom stereocenters. The maximum absolute atomic E-state index is 12.2. The molecule has 0 saturated heterocycles. The van der Waals surface area contributed by atoms with E-state index in [1.165, 1.54) is 4.88 Å². The van der Waals surface area contributed by atoms with Crippen molar-refractivity contribution in [1.82, 2.24) is 15.6 Å². The van der Waals surface area contributed by atoms with Crippen LogP contribution in [-0.2, 0) is 22.1 Å². The molecule has 8 heteroatoms. The first-order chi connectivity index (χ1) is 12.4. The predicted molar refractivity (Wildman–Crippen MR) is 108 cm³/mol. The summed E-state index contributed by atoms with van der Waals surface area (Å²) in [6, 6.07) is 9.27. The number of thiazole rings is 1. The van der Waals surface area contributed by atoms with Crippen LogP contribution >= 0.6 is 11.3 Å². The van der Waals surface area contributed by atoms with Crippen molar-refractivity contribution in [2.24, 2.45) is 4.99 Å². The van der Waals surface area contributed by atoms with Gasteiger partial charge in [-0.3, -0.25) is 4.99 Å². The van der Waals surface area contributed by atoms with Gasteiger partial charge in [0.25, 0.3) is 0 Å². The van der Waals surface area contributed by atoms with Gasteiger partial charge in [0.1, 0.15) is 0 Å². The number of nitrogens with one attached hydrogen (secondary N) is 2. The number of sulfone groups is 1. The van der Waals surface area contributed by atoms with Gasteiger partial charge >= 0.3 is 0 Å². The fourth-order valence-corrected chi connectivity index (χ4v) is 4.83. The molecule has 0 atom stereocenters. The molecule has 2 N–H and O–H groups in total. The topological polar surface area (TPSA) is 83.5 Å². The lowest BCUT2D eigenvalue weighted by Gasteiger charge is -2.11. The molecule has 0 radical (unpaired) electrons. The van der Waals surface area contributed by atoms with E-state index in [1.807, 2.05) is 44.2 Å². The van der Waals surface area contributed by atoms with Crippen LogP contribution in [0.2, 0.25) is 0 Å². The Balaban J connectivity index is 1.72. The van der Waals surface area contributed by atoms with Crippen LogP contribution in [0.15, 0.2) is 35.3 Å². The van der Waals surface area contributed by atoms with Crippen molar-refractivity contribution >= 4 is 27.1 Å². The van der Waals surface area contributed by atoms with E-state index in [-0.39, 0.29) is 11.5 Å². The number of nitrogens with zero attached hydrogens (tertiary/aromatic N) is 2. The molecule has 2 aromatic rings. The number of hydrogen-bond acceptors (Lipinski definition) is 5. The van der Waals surface area contributed by atoms with Gasteiger partial charge in [-0.15, -0.1) is 11.3 Å². The number of rotatable bonds is 8. The molecular formula is C18H26N4O2S2. The summed E-state index contributed by atoms with van der Waals surface area (Å²) in [6.07, 6.45) is 0.536. The van der Waals surface area contributed by atoms with Crippen LogP contribution in [0.4, 0.5) is 0 Å². The molecule has 0 saturated carbocycles. The minimum Gasteiger partial charge on any atom is -0.356 e. The second-order valence-corrected chi connectivity index (χ2v) is 9.50. The van der Waals surface area contributed by atoms with E-state index in [0.29, 0.717) is 25.5 Å². The Morgan fingerprint density at radius 1 is 1.19 bits per heavy atom. The third-order valence-electron chi connectivity index (χ3n) is 3.79. The largest absolute Gasteiger partial charge is 0.356 e. The Kier molecular flexibility index (Phi) is 7.59. The molecule has 0 bridgehead atoms. The van der Waals surface area contributed by atoms with Crippen LogP contribution < -0.4 is 10.6 Å². The predicted octanol–water partition coefficient (Wildman–Crippen LogP) is 2.43. The highest BCUT2D eigenvalue weighted by molar-refractivity contribution is 7.90. The zero-order chi connectivity index (χ0) is 19.0. The molecule has 1 heterocycles. The maximum Gasteiger partial charge on any atom is 0.191 e. The second-order valence-electron chi connectivity index (χ2n) is 6.03. The Hall–Kier alpha value is -1.93. The summed E-state index contributed by atoms with van der Waals surface area (Å²) in [4.78, 5) is 9.75. The van der Waals surface area contributed by atoms with Crippen molar-refractivity contribution in [1.29, 1.82) is 0 Å². The lowest BCUT2D eigenvalue weighted by molar-refractivity contribution is 0.591. The zero-order valence-electron chi connectivity index (χ0n) is 15.4. The quantitative estimate of drug-likeness (QED) is 0.408. The van der Waals surface area contributed by atoms with Gasteiger partial charge in [-0.1, -0.05) is 30.3 Å². The van der Waals surface area contributed by atoms with Gasteiger partial charge in [-0.2, -0.15) is 0 Å². The lowest BCUT2D eigenvalue weighted by atomic mass is 10.2. The van der Waals surface area contributed by atoms with E-state index in [9.17, 15) is 8.42 Å². The first-order valence-electron chi connectivity index (χ1n) is 8.51. The summed E-state index contributed by atoms with van der Waals surface area (Å²) < 4.78 is 24.4. The normalized spacial score (nSPS) is 12.2. The van der Waals surface area contributed by atoms with Crippen molar-refractivity contribution in [2.45, 2.75) is 32.6 Å². The van der Waals surface area contributed by atoms with Crippen LogP contribution in [0.25, 0.3) is 0 Å². The van der Waals surface area contributed by atoms with E-state index < -0.39 is 9.84 Å². The molecule has 26 heavy (non-hydrogen) atoms. The number of hydrogen-bond donors (Lipinski definition) is 2. The maximum atomic E-state index is 12.2. The first-order valence-corrected chi connectivity index (χ1v) is 11.1. The van der Waals surface area contributed by atoms with Gasteiger partial charge in [0.05, 0.1) is 28.8 Å². The van der Waals surface area contributed by atoms with Crippen LogP contribution in [0.5, 0.6) is 0 Å². The van der Waals surface area contributed by atoms with Gasteiger partial charge in [-0.05, 0) is 25.8 Å². The molecule has 142 valence electrons. The smallest absolute Gasteiger partial charge is 0.191 e. The van der Waals surface area contributed by atoms with Crippen molar-refractivity contribution in [3.63, 3.8) is 0 Å². The van der Waals surface area contributed by atoms with Gasteiger partial charge < -0.3 is 10.6 Å². The molecule has 0 aliphatic rings. The van der Waals surface area contributed by atoms with Crippen LogP contribution in [0.3, 0.4) is 0 Å². The minimum atomic E-state index is -3.10. The van der Waals surface area contributed by atoms with E-state index in [4.69, 9.17) is 0 Å². The van der Waals surface area contributed by atoms with Crippen LogP contribution in [0, 0.1) is 13.8 Å². The van der Waals surface area contributed by atoms with Crippen LogP contribution in [0.1, 0.15) is 27.6 Å². The molecule has 6 nitrogen and oxygen atoms in total. The molecule has 0 fully saturated rings. The third-order valence-corrected chi connectivity index (χ3v) is 6.55. The van der Waals surface area contributed by atoms with Gasteiger partial charge in [-0.25, -0.2) is 13.4 Å². The summed E-state index contributed by atoms with van der Waals surface area (Å²) in [6.45, 7) is 5.19. The van der Waals surface area contributed by atoms with E-state index >= 15 is 0 Å². The average Bonchev–Trinajstić information content (AvgIpc) is 2.92. The summed E-state index contributed by atoms with van der Waals surface area (Å²) >= 11 is 1.66. The molecular weight excluding hydrogens is 368 g/mol. The molecule has 0 amide bonds. The van der Waals surface area contributed by atoms with Gasteiger partial charge in [0, 0.05) is 18.5 Å². The van der Waals surface area contributed by atoms with Crippen molar-refractivity contribution < 1.29 is 8.42 Å². The fraction of sp³-hybridized carbons (Fsp3) is 0.444. The summed E-state index contributed by atoms with van der Waals surface area (Å²) in [7, 11) is -1.40. The Morgan fingerprint density at radius 3 is 2.54 bits per heavy atom. The van der Waals surface area contributed by atoms with Crippen molar-refractivity contribution in [3.8, 4) is 0 Å². The first kappa shape index (κ1) is 20.4. The fourth-order valence-electron chi connectivity index (χ4n) is 2.52. The molecule has 1 aromatic carbocycles. The number of aliphatic imine (C=N–C) groups is 1. The molecule has 0 aliphatic carbocycles. The monoisotopic (exact) mass is 394 g/mol. The second kappa shape index (κ2) is 9.68. The van der Waals surface area contributed by atoms with E-state index in [0.717, 1.165) is 16.3 Å². The number of benzene rings is 1. The Bertz CT molecular complexity index is 830. The highest BCUT2D eigenvalue weighted by Crippen LogP contribution is 2.16. The Morgan fingerprint density at radius 2 is 1.92 bits per heavy atom. The highest BCUT2D eigenvalue weighted by atomic mass is 32.2. The van der Waals surface area contributed by atoms with Crippen molar-refractivity contribution in [2.75, 3.05) is 19.3 Å². The van der Waals surface area contributed by atoms with Crippen molar-refractivity contribution in [3.05, 3.63) is 51.5 Å².